The van der Waals surface area contributed by atoms with Gasteiger partial charge in [0.1, 0.15) is 11.8 Å². The monoisotopic (exact) mass is 325 g/mol. The summed E-state index contributed by atoms with van der Waals surface area (Å²) in [7, 11) is 0. The molecule has 4 rings (SSSR count). The molecule has 1 saturated carbocycles. The van der Waals surface area contributed by atoms with Gasteiger partial charge in [0.2, 0.25) is 11.8 Å². The Balaban J connectivity index is 1.64. The van der Waals surface area contributed by atoms with Crippen LogP contribution in [0.5, 0.6) is 0 Å². The molecule has 1 N–H and O–H groups in total. The van der Waals surface area contributed by atoms with Crippen LogP contribution < -0.4 is 0 Å². The second kappa shape index (κ2) is 5.20. The number of nitriles is 1. The number of nitrogens with zero attached hydrogens (tertiary/aromatic N) is 4. The fourth-order valence-corrected chi connectivity index (χ4v) is 4.30. The average Bonchev–Trinajstić information content (AvgIpc) is 3.28. The minimum Gasteiger partial charge on any atom is -0.425 e. The molecular formula is C17H19N5O2. The minimum atomic E-state index is -0.209. The Kier molecular flexibility index (Phi) is 3.23. The van der Waals surface area contributed by atoms with Crippen molar-refractivity contribution in [2.24, 2.45) is 5.92 Å². The molecule has 1 aliphatic heterocycles. The topological polar surface area (TPSA) is 98.8 Å². The zero-order valence-electron chi connectivity index (χ0n) is 13.8. The molecule has 2 atom stereocenters. The maximum absolute atomic E-state index is 12.9. The van der Waals surface area contributed by atoms with E-state index in [2.05, 4.69) is 21.3 Å². The van der Waals surface area contributed by atoms with E-state index in [1.165, 1.54) is 0 Å². The number of aromatic nitrogens is 3. The lowest BCUT2D eigenvalue weighted by molar-refractivity contribution is 0.0775. The molecule has 1 aliphatic carbocycles. The largest absolute Gasteiger partial charge is 0.425 e. The number of fused-ring (bicyclic) bond motifs is 1. The lowest BCUT2D eigenvalue weighted by Gasteiger charge is -2.24. The van der Waals surface area contributed by atoms with Crippen LogP contribution >= 0.6 is 0 Å². The van der Waals surface area contributed by atoms with Gasteiger partial charge >= 0.3 is 0 Å². The first-order chi connectivity index (χ1) is 11.5. The van der Waals surface area contributed by atoms with Crippen molar-refractivity contribution in [2.75, 3.05) is 13.1 Å². The Hall–Kier alpha value is -2.62. The summed E-state index contributed by atoms with van der Waals surface area (Å²) in [5.41, 5.74) is 1.51. The van der Waals surface area contributed by atoms with Crippen molar-refractivity contribution in [1.29, 1.82) is 5.26 Å². The highest BCUT2D eigenvalue weighted by atomic mass is 16.4. The zero-order valence-corrected chi connectivity index (χ0v) is 13.8. The van der Waals surface area contributed by atoms with Gasteiger partial charge in [-0.3, -0.25) is 4.79 Å². The molecule has 1 saturated heterocycles. The third kappa shape index (κ3) is 2.06. The highest BCUT2D eigenvalue weighted by Crippen LogP contribution is 2.50. The molecule has 0 unspecified atom stereocenters. The standard InChI is InChI=1S/C17H19N5O2/c1-10-14(6-13(7-18)19-10)15(23)22-8-12-4-3-5-17(12,9-22)16-21-20-11(2)24-16/h6,12,19H,3-5,8-9H2,1-2H3/t12-,17-/m0/s1. The van der Waals surface area contributed by atoms with Gasteiger partial charge in [0, 0.05) is 25.7 Å². The van der Waals surface area contributed by atoms with Gasteiger partial charge in [-0.1, -0.05) is 6.42 Å². The Labute approximate surface area is 139 Å². The first-order valence-electron chi connectivity index (χ1n) is 8.23. The summed E-state index contributed by atoms with van der Waals surface area (Å²) in [5, 5.41) is 17.3. The molecule has 0 aromatic carbocycles. The smallest absolute Gasteiger partial charge is 0.255 e. The number of nitrogens with one attached hydrogen (secondary N) is 1. The van der Waals surface area contributed by atoms with Gasteiger partial charge in [-0.25, -0.2) is 0 Å². The zero-order chi connectivity index (χ0) is 16.9. The van der Waals surface area contributed by atoms with Crippen molar-refractivity contribution in [2.45, 2.75) is 38.5 Å². The molecule has 2 fully saturated rings. The van der Waals surface area contributed by atoms with Crippen LogP contribution in [0.1, 0.15) is 52.8 Å². The van der Waals surface area contributed by atoms with Crippen LogP contribution in [0.25, 0.3) is 0 Å². The van der Waals surface area contributed by atoms with Crippen LogP contribution in [0.15, 0.2) is 10.5 Å². The number of amides is 1. The number of H-pyrrole nitrogens is 1. The predicted molar refractivity (Wildman–Crippen MR) is 84.2 cm³/mol. The van der Waals surface area contributed by atoms with Crippen molar-refractivity contribution in [3.63, 3.8) is 0 Å². The molecule has 2 aromatic rings. The highest BCUT2D eigenvalue weighted by Gasteiger charge is 2.55. The van der Waals surface area contributed by atoms with Gasteiger partial charge in [-0.2, -0.15) is 5.26 Å². The number of hydrogen-bond donors (Lipinski definition) is 1. The van der Waals surface area contributed by atoms with Gasteiger partial charge in [-0.15, -0.1) is 10.2 Å². The molecule has 2 aromatic heterocycles. The molecule has 2 aliphatic rings. The molecule has 3 heterocycles. The van der Waals surface area contributed by atoms with Crippen LogP contribution in [-0.2, 0) is 5.41 Å². The van der Waals surface area contributed by atoms with E-state index in [1.807, 2.05) is 11.8 Å². The summed E-state index contributed by atoms with van der Waals surface area (Å²) < 4.78 is 5.74. The second-order valence-electron chi connectivity index (χ2n) is 6.89. The van der Waals surface area contributed by atoms with E-state index in [4.69, 9.17) is 9.68 Å². The summed E-state index contributed by atoms with van der Waals surface area (Å²) in [4.78, 5) is 17.8. The van der Waals surface area contributed by atoms with Crippen molar-refractivity contribution >= 4 is 5.91 Å². The van der Waals surface area contributed by atoms with E-state index in [9.17, 15) is 4.79 Å². The van der Waals surface area contributed by atoms with Gasteiger partial charge in [-0.05, 0) is 31.7 Å². The van der Waals surface area contributed by atoms with E-state index < -0.39 is 0 Å². The molecule has 7 heteroatoms. The van der Waals surface area contributed by atoms with Gasteiger partial charge in [0.15, 0.2) is 0 Å². The fourth-order valence-electron chi connectivity index (χ4n) is 4.30. The second-order valence-corrected chi connectivity index (χ2v) is 6.89. The number of likely N-dealkylation sites (tertiary alicyclic amines) is 1. The Morgan fingerprint density at radius 2 is 2.33 bits per heavy atom. The molecular weight excluding hydrogens is 306 g/mol. The maximum Gasteiger partial charge on any atom is 0.255 e. The number of rotatable bonds is 2. The van der Waals surface area contributed by atoms with E-state index >= 15 is 0 Å². The summed E-state index contributed by atoms with van der Waals surface area (Å²) in [5.74, 6) is 1.56. The molecule has 24 heavy (non-hydrogen) atoms. The van der Waals surface area contributed by atoms with Gasteiger partial charge in [0.25, 0.3) is 5.91 Å². The predicted octanol–water partition coefficient (Wildman–Crippen LogP) is 2.08. The summed E-state index contributed by atoms with van der Waals surface area (Å²) >= 11 is 0. The first kappa shape index (κ1) is 14.9. The summed E-state index contributed by atoms with van der Waals surface area (Å²) in [6.07, 6.45) is 3.16. The molecule has 7 nitrogen and oxygen atoms in total. The summed E-state index contributed by atoms with van der Waals surface area (Å²) in [6, 6.07) is 3.68. The third-order valence-corrected chi connectivity index (χ3v) is 5.48. The van der Waals surface area contributed by atoms with Crippen molar-refractivity contribution in [3.8, 4) is 6.07 Å². The quantitative estimate of drug-likeness (QED) is 0.911. The lowest BCUT2D eigenvalue weighted by Crippen LogP contribution is -2.35. The van der Waals surface area contributed by atoms with Crippen molar-refractivity contribution in [1.82, 2.24) is 20.1 Å². The Bertz CT molecular complexity index is 846. The van der Waals surface area contributed by atoms with E-state index in [0.29, 0.717) is 42.0 Å². The fraction of sp³-hybridized carbons (Fsp3) is 0.529. The molecule has 1 amide bonds. The number of aryl methyl sites for hydroxylation is 2. The van der Waals surface area contributed by atoms with Crippen LogP contribution in [0, 0.1) is 31.1 Å². The Morgan fingerprint density at radius 3 is 3.00 bits per heavy atom. The molecule has 0 bridgehead atoms. The molecule has 124 valence electrons. The molecule has 0 radical (unpaired) electrons. The van der Waals surface area contributed by atoms with Crippen LogP contribution in [0.3, 0.4) is 0 Å². The normalized spacial score (nSPS) is 25.7. The van der Waals surface area contributed by atoms with E-state index in [1.54, 1.807) is 13.0 Å². The summed E-state index contributed by atoms with van der Waals surface area (Å²) in [6.45, 7) is 4.92. The SMILES string of the molecule is Cc1nnc([C@]23CCC[C@H]2CN(C(=O)c2cc(C#N)[nH]c2C)C3)o1. The minimum absolute atomic E-state index is 0.0322. The average molecular weight is 325 g/mol. The number of hydrogen-bond acceptors (Lipinski definition) is 5. The van der Waals surface area contributed by atoms with Gasteiger partial charge in [0.05, 0.1) is 11.0 Å². The van der Waals surface area contributed by atoms with Crippen LogP contribution in [-0.4, -0.2) is 39.1 Å². The Morgan fingerprint density at radius 1 is 1.50 bits per heavy atom. The van der Waals surface area contributed by atoms with E-state index in [-0.39, 0.29) is 11.3 Å². The van der Waals surface area contributed by atoms with Crippen LogP contribution in [0.4, 0.5) is 0 Å². The van der Waals surface area contributed by atoms with Crippen molar-refractivity contribution < 1.29 is 9.21 Å². The third-order valence-electron chi connectivity index (χ3n) is 5.48. The van der Waals surface area contributed by atoms with Crippen LogP contribution in [0.2, 0.25) is 0 Å². The number of carbonyl (C=O) groups is 1. The lowest BCUT2D eigenvalue weighted by atomic mass is 9.80. The molecule has 0 spiro atoms. The number of carbonyl (C=O) groups excluding carboxylic acids is 1. The maximum atomic E-state index is 12.9. The van der Waals surface area contributed by atoms with Gasteiger partial charge < -0.3 is 14.3 Å². The van der Waals surface area contributed by atoms with E-state index in [0.717, 1.165) is 25.0 Å². The number of aromatic amines is 1. The van der Waals surface area contributed by atoms with Crippen molar-refractivity contribution in [3.05, 3.63) is 34.8 Å². The highest BCUT2D eigenvalue weighted by molar-refractivity contribution is 5.96. The first-order valence-corrected chi connectivity index (χ1v) is 8.23.